The van der Waals surface area contributed by atoms with Crippen molar-refractivity contribution in [2.24, 2.45) is 0 Å². The van der Waals surface area contributed by atoms with Crippen LogP contribution in [0.2, 0.25) is 0 Å². The summed E-state index contributed by atoms with van der Waals surface area (Å²) in [6.45, 7) is 5.60. The molecule has 1 saturated heterocycles. The Hall–Kier alpha value is -0.820. The van der Waals surface area contributed by atoms with Gasteiger partial charge in [-0.15, -0.1) is 0 Å². The molecule has 1 heteroatoms. The Morgan fingerprint density at radius 3 is 2.24 bits per heavy atom. The molecule has 1 atom stereocenters. The molecule has 1 nitrogen and oxygen atoms in total. The molecule has 0 bridgehead atoms. The zero-order chi connectivity index (χ0) is 12.3. The Bertz CT molecular complexity index is 260. The van der Waals surface area contributed by atoms with Crippen LogP contribution in [-0.4, -0.2) is 6.54 Å². The zero-order valence-electron chi connectivity index (χ0n) is 11.4. The van der Waals surface area contributed by atoms with Crippen LogP contribution in [0.25, 0.3) is 0 Å². The number of piperidine rings is 1. The predicted molar refractivity (Wildman–Crippen MR) is 76.2 cm³/mol. The van der Waals surface area contributed by atoms with Gasteiger partial charge in [-0.2, -0.15) is 0 Å². The van der Waals surface area contributed by atoms with E-state index in [1.165, 1.54) is 50.6 Å². The Kier molecular flexibility index (Phi) is 7.74. The Morgan fingerprint density at radius 2 is 1.76 bits per heavy atom. The maximum Gasteiger partial charge on any atom is 0.0320 e. The van der Waals surface area contributed by atoms with Crippen molar-refractivity contribution >= 4 is 0 Å². The van der Waals surface area contributed by atoms with Crippen molar-refractivity contribution in [1.82, 2.24) is 5.32 Å². The van der Waals surface area contributed by atoms with Gasteiger partial charge in [0.05, 0.1) is 0 Å². The van der Waals surface area contributed by atoms with Crippen molar-refractivity contribution in [3.63, 3.8) is 0 Å². The second kappa shape index (κ2) is 9.23. The molecule has 0 amide bonds. The average molecular weight is 233 g/mol. The second-order valence-electron chi connectivity index (χ2n) is 4.77. The van der Waals surface area contributed by atoms with Gasteiger partial charge >= 0.3 is 0 Å². The first-order valence-corrected chi connectivity index (χ1v) is 7.16. The molecule has 1 N–H and O–H groups in total. The normalized spacial score (nSPS) is 19.3. The van der Waals surface area contributed by atoms with E-state index < -0.39 is 0 Å². The van der Waals surface area contributed by atoms with Crippen molar-refractivity contribution in [3.05, 3.63) is 35.9 Å². The number of rotatable bonds is 3. The van der Waals surface area contributed by atoms with Crippen molar-refractivity contribution in [3.8, 4) is 0 Å². The van der Waals surface area contributed by atoms with E-state index in [4.69, 9.17) is 0 Å². The fourth-order valence-electron chi connectivity index (χ4n) is 2.18. The molecule has 96 valence electrons. The number of unbranched alkanes of at least 4 members (excludes halogenated alkanes) is 2. The highest BCUT2D eigenvalue weighted by Gasteiger charge is 2.13. The van der Waals surface area contributed by atoms with E-state index in [2.05, 4.69) is 49.5 Å². The van der Waals surface area contributed by atoms with Crippen LogP contribution < -0.4 is 5.32 Å². The topological polar surface area (TPSA) is 12.0 Å². The third kappa shape index (κ3) is 5.88. The fraction of sp³-hybridized carbons (Fsp3) is 0.625. The number of hydrogen-bond donors (Lipinski definition) is 1. The van der Waals surface area contributed by atoms with Crippen molar-refractivity contribution in [1.29, 1.82) is 0 Å². The molecule has 0 aliphatic carbocycles. The zero-order valence-corrected chi connectivity index (χ0v) is 11.4. The number of benzene rings is 1. The molecule has 0 aromatic heterocycles. The Labute approximate surface area is 107 Å². The lowest BCUT2D eigenvalue weighted by Gasteiger charge is -2.23. The van der Waals surface area contributed by atoms with Crippen molar-refractivity contribution < 1.29 is 0 Å². The van der Waals surface area contributed by atoms with E-state index in [1.807, 2.05) is 0 Å². The van der Waals surface area contributed by atoms with Crippen LogP contribution in [0.5, 0.6) is 0 Å². The third-order valence-electron chi connectivity index (χ3n) is 3.22. The first kappa shape index (κ1) is 14.2. The SMILES string of the molecule is CCCCC.c1ccc(C2CCCCN2)cc1. The first-order valence-electron chi connectivity index (χ1n) is 7.16. The minimum absolute atomic E-state index is 0.611. The van der Waals surface area contributed by atoms with Crippen LogP contribution >= 0.6 is 0 Å². The maximum absolute atomic E-state index is 3.54. The second-order valence-corrected chi connectivity index (χ2v) is 4.77. The quantitative estimate of drug-likeness (QED) is 0.798. The molecule has 1 aliphatic rings. The summed E-state index contributed by atoms with van der Waals surface area (Å²) in [4.78, 5) is 0. The Balaban J connectivity index is 0.000000249. The highest BCUT2D eigenvalue weighted by Crippen LogP contribution is 2.21. The molecule has 0 radical (unpaired) electrons. The van der Waals surface area contributed by atoms with Crippen LogP contribution in [0.1, 0.15) is 64.0 Å². The van der Waals surface area contributed by atoms with Gasteiger partial charge < -0.3 is 5.32 Å². The summed E-state index contributed by atoms with van der Waals surface area (Å²) in [6, 6.07) is 11.3. The van der Waals surface area contributed by atoms with Crippen molar-refractivity contribution in [2.75, 3.05) is 6.54 Å². The fourth-order valence-corrected chi connectivity index (χ4v) is 2.18. The van der Waals surface area contributed by atoms with Gasteiger partial charge in [-0.05, 0) is 24.9 Å². The third-order valence-corrected chi connectivity index (χ3v) is 3.22. The largest absolute Gasteiger partial charge is 0.310 e. The molecule has 2 rings (SSSR count). The number of hydrogen-bond acceptors (Lipinski definition) is 1. The van der Waals surface area contributed by atoms with Gasteiger partial charge in [0.2, 0.25) is 0 Å². The maximum atomic E-state index is 3.54. The lowest BCUT2D eigenvalue weighted by atomic mass is 9.98. The molecule has 1 aromatic carbocycles. The highest BCUT2D eigenvalue weighted by atomic mass is 14.9. The lowest BCUT2D eigenvalue weighted by Crippen LogP contribution is -2.26. The van der Waals surface area contributed by atoms with Crippen LogP contribution in [0, 0.1) is 0 Å². The molecule has 17 heavy (non-hydrogen) atoms. The van der Waals surface area contributed by atoms with E-state index in [0.717, 1.165) is 0 Å². The Morgan fingerprint density at radius 1 is 1.06 bits per heavy atom. The van der Waals surface area contributed by atoms with Gasteiger partial charge in [-0.1, -0.05) is 69.9 Å². The summed E-state index contributed by atoms with van der Waals surface area (Å²) in [5, 5.41) is 3.54. The van der Waals surface area contributed by atoms with Gasteiger partial charge in [-0.3, -0.25) is 0 Å². The van der Waals surface area contributed by atoms with Crippen LogP contribution in [0.3, 0.4) is 0 Å². The molecule has 1 aliphatic heterocycles. The molecule has 1 fully saturated rings. The minimum atomic E-state index is 0.611. The smallest absolute Gasteiger partial charge is 0.0320 e. The molecule has 1 unspecified atom stereocenters. The summed E-state index contributed by atoms with van der Waals surface area (Å²) in [7, 11) is 0. The molecule has 1 aromatic rings. The van der Waals surface area contributed by atoms with E-state index in [-0.39, 0.29) is 0 Å². The molecule has 0 spiro atoms. The standard InChI is InChI=1S/C11H15N.C5H12/c1-2-6-10(7-3-1)11-8-4-5-9-12-11;1-3-5-4-2/h1-3,6-7,11-12H,4-5,8-9H2;3-5H2,1-2H3. The van der Waals surface area contributed by atoms with Crippen LogP contribution in [-0.2, 0) is 0 Å². The summed E-state index contributed by atoms with van der Waals surface area (Å²) in [6.07, 6.45) is 8.08. The van der Waals surface area contributed by atoms with E-state index in [0.29, 0.717) is 6.04 Å². The molecular weight excluding hydrogens is 206 g/mol. The highest BCUT2D eigenvalue weighted by molar-refractivity contribution is 5.19. The van der Waals surface area contributed by atoms with Crippen molar-refractivity contribution in [2.45, 2.75) is 58.4 Å². The molecular formula is C16H27N. The van der Waals surface area contributed by atoms with E-state index >= 15 is 0 Å². The summed E-state index contributed by atoms with van der Waals surface area (Å²) >= 11 is 0. The van der Waals surface area contributed by atoms with Gasteiger partial charge in [-0.25, -0.2) is 0 Å². The van der Waals surface area contributed by atoms with Gasteiger partial charge in [0.15, 0.2) is 0 Å². The first-order chi connectivity index (χ1) is 8.38. The van der Waals surface area contributed by atoms with Gasteiger partial charge in [0.25, 0.3) is 0 Å². The van der Waals surface area contributed by atoms with E-state index in [1.54, 1.807) is 0 Å². The summed E-state index contributed by atoms with van der Waals surface area (Å²) in [5.74, 6) is 0. The molecule has 0 saturated carbocycles. The average Bonchev–Trinajstić information content (AvgIpc) is 2.42. The number of nitrogens with one attached hydrogen (secondary N) is 1. The predicted octanol–water partition coefficient (Wildman–Crippen LogP) is 4.70. The monoisotopic (exact) mass is 233 g/mol. The minimum Gasteiger partial charge on any atom is -0.310 e. The van der Waals surface area contributed by atoms with Gasteiger partial charge in [0, 0.05) is 6.04 Å². The lowest BCUT2D eigenvalue weighted by molar-refractivity contribution is 0.412. The van der Waals surface area contributed by atoms with E-state index in [9.17, 15) is 0 Å². The van der Waals surface area contributed by atoms with Crippen LogP contribution in [0.4, 0.5) is 0 Å². The molecule has 1 heterocycles. The summed E-state index contributed by atoms with van der Waals surface area (Å²) < 4.78 is 0. The van der Waals surface area contributed by atoms with Crippen LogP contribution in [0.15, 0.2) is 30.3 Å². The summed E-state index contributed by atoms with van der Waals surface area (Å²) in [5.41, 5.74) is 1.44. The van der Waals surface area contributed by atoms with Gasteiger partial charge in [0.1, 0.15) is 0 Å².